The molecule has 2 nitrogen and oxygen atoms in total. The molecule has 0 aliphatic heterocycles. The minimum absolute atomic E-state index is 0.229. The van der Waals surface area contributed by atoms with E-state index in [1.807, 2.05) is 32.0 Å². The lowest BCUT2D eigenvalue weighted by atomic mass is 10.1. The number of benzene rings is 2. The third kappa shape index (κ3) is 2.99. The SMILES string of the molecule is Cc1ccc(C)c(N=Cc2cc(Br)ccc2O)c1. The van der Waals surface area contributed by atoms with E-state index >= 15 is 0 Å². The fraction of sp³-hybridized carbons (Fsp3) is 0.133. The summed E-state index contributed by atoms with van der Waals surface area (Å²) in [4.78, 5) is 4.43. The number of aliphatic imine (C=N–C) groups is 1. The highest BCUT2D eigenvalue weighted by molar-refractivity contribution is 9.10. The van der Waals surface area contributed by atoms with Gasteiger partial charge in [0.15, 0.2) is 0 Å². The summed E-state index contributed by atoms with van der Waals surface area (Å²) in [6.45, 7) is 4.06. The van der Waals surface area contributed by atoms with Crippen LogP contribution in [0.3, 0.4) is 0 Å². The maximum absolute atomic E-state index is 9.72. The van der Waals surface area contributed by atoms with Crippen LogP contribution in [0.2, 0.25) is 0 Å². The summed E-state index contributed by atoms with van der Waals surface area (Å²) in [5, 5.41) is 9.72. The predicted molar refractivity (Wildman–Crippen MR) is 79.0 cm³/mol. The van der Waals surface area contributed by atoms with E-state index in [2.05, 4.69) is 27.0 Å². The molecule has 1 N–H and O–H groups in total. The Kier molecular flexibility index (Phi) is 3.82. The van der Waals surface area contributed by atoms with Gasteiger partial charge in [0.05, 0.1) is 5.69 Å². The van der Waals surface area contributed by atoms with Crippen LogP contribution < -0.4 is 0 Å². The topological polar surface area (TPSA) is 32.6 Å². The van der Waals surface area contributed by atoms with Crippen molar-refractivity contribution in [2.45, 2.75) is 13.8 Å². The first-order chi connectivity index (χ1) is 8.56. The molecule has 0 amide bonds. The van der Waals surface area contributed by atoms with Crippen LogP contribution in [0.1, 0.15) is 16.7 Å². The Hall–Kier alpha value is -1.61. The Labute approximate surface area is 115 Å². The number of hydrogen-bond donors (Lipinski definition) is 1. The molecule has 0 heterocycles. The molecule has 2 aromatic rings. The zero-order valence-corrected chi connectivity index (χ0v) is 11.9. The standard InChI is InChI=1S/C15H14BrNO/c1-10-3-4-11(2)14(7-10)17-9-12-8-13(16)5-6-15(12)18/h3-9,18H,1-2H3. The maximum atomic E-state index is 9.72. The molecule has 92 valence electrons. The van der Waals surface area contributed by atoms with Crippen molar-refractivity contribution in [1.29, 1.82) is 0 Å². The first-order valence-electron chi connectivity index (χ1n) is 5.66. The molecule has 0 aliphatic carbocycles. The third-order valence-corrected chi connectivity index (χ3v) is 3.19. The van der Waals surface area contributed by atoms with Crippen molar-refractivity contribution in [2.24, 2.45) is 4.99 Å². The predicted octanol–water partition coefficient (Wildman–Crippen LogP) is 4.52. The zero-order valence-electron chi connectivity index (χ0n) is 10.3. The van der Waals surface area contributed by atoms with Gasteiger partial charge >= 0.3 is 0 Å². The monoisotopic (exact) mass is 303 g/mol. The molecule has 0 saturated carbocycles. The van der Waals surface area contributed by atoms with Gasteiger partial charge in [-0.15, -0.1) is 0 Å². The van der Waals surface area contributed by atoms with Gasteiger partial charge in [0.2, 0.25) is 0 Å². The fourth-order valence-electron chi connectivity index (χ4n) is 1.63. The van der Waals surface area contributed by atoms with E-state index in [0.717, 1.165) is 15.7 Å². The van der Waals surface area contributed by atoms with E-state index < -0.39 is 0 Å². The summed E-state index contributed by atoms with van der Waals surface area (Å²) in [5.74, 6) is 0.229. The largest absolute Gasteiger partial charge is 0.507 e. The molecule has 0 bridgehead atoms. The van der Waals surface area contributed by atoms with E-state index in [9.17, 15) is 5.11 Å². The highest BCUT2D eigenvalue weighted by Gasteiger charge is 2.00. The van der Waals surface area contributed by atoms with Gasteiger partial charge in [-0.05, 0) is 49.2 Å². The summed E-state index contributed by atoms with van der Waals surface area (Å²) in [6.07, 6.45) is 1.68. The number of rotatable bonds is 2. The Morgan fingerprint density at radius 1 is 1.11 bits per heavy atom. The van der Waals surface area contributed by atoms with Gasteiger partial charge < -0.3 is 5.11 Å². The Balaban J connectivity index is 2.35. The van der Waals surface area contributed by atoms with Gasteiger partial charge in [0.1, 0.15) is 5.75 Å². The number of aromatic hydroxyl groups is 1. The summed E-state index contributed by atoms with van der Waals surface area (Å²) in [5.41, 5.74) is 3.91. The van der Waals surface area contributed by atoms with Crippen molar-refractivity contribution in [1.82, 2.24) is 0 Å². The van der Waals surface area contributed by atoms with E-state index in [0.29, 0.717) is 5.56 Å². The van der Waals surface area contributed by atoms with Crippen LogP contribution in [0.25, 0.3) is 0 Å². The van der Waals surface area contributed by atoms with Crippen molar-refractivity contribution < 1.29 is 5.11 Å². The second-order valence-corrected chi connectivity index (χ2v) is 5.17. The minimum Gasteiger partial charge on any atom is -0.507 e. The van der Waals surface area contributed by atoms with Crippen molar-refractivity contribution in [3.63, 3.8) is 0 Å². The summed E-state index contributed by atoms with van der Waals surface area (Å²) in [7, 11) is 0. The van der Waals surface area contributed by atoms with Crippen LogP contribution in [-0.2, 0) is 0 Å². The number of nitrogens with zero attached hydrogens (tertiary/aromatic N) is 1. The highest BCUT2D eigenvalue weighted by atomic mass is 79.9. The molecule has 0 spiro atoms. The molecule has 3 heteroatoms. The van der Waals surface area contributed by atoms with Gasteiger partial charge in [-0.2, -0.15) is 0 Å². The average Bonchev–Trinajstić information content (AvgIpc) is 2.34. The summed E-state index contributed by atoms with van der Waals surface area (Å²) < 4.78 is 0.919. The van der Waals surface area contributed by atoms with Crippen molar-refractivity contribution in [3.05, 3.63) is 57.6 Å². The number of phenolic OH excluding ortho intramolecular Hbond substituents is 1. The lowest BCUT2D eigenvalue weighted by Gasteiger charge is -2.02. The summed E-state index contributed by atoms with van der Waals surface area (Å²) >= 11 is 3.38. The second-order valence-electron chi connectivity index (χ2n) is 4.25. The molecule has 0 radical (unpaired) electrons. The Bertz CT molecular complexity index is 552. The van der Waals surface area contributed by atoms with Gasteiger partial charge in [0, 0.05) is 16.3 Å². The lowest BCUT2D eigenvalue weighted by Crippen LogP contribution is -1.84. The van der Waals surface area contributed by atoms with Gasteiger partial charge in [-0.1, -0.05) is 28.1 Å². The maximum Gasteiger partial charge on any atom is 0.124 e. The minimum atomic E-state index is 0.229. The van der Waals surface area contributed by atoms with Crippen LogP contribution in [0.5, 0.6) is 5.75 Å². The first kappa shape index (κ1) is 12.8. The van der Waals surface area contributed by atoms with Crippen molar-refractivity contribution in [2.75, 3.05) is 0 Å². The van der Waals surface area contributed by atoms with E-state index in [1.54, 1.807) is 18.3 Å². The van der Waals surface area contributed by atoms with E-state index in [-0.39, 0.29) is 5.75 Å². The molecular formula is C15H14BrNO. The molecule has 0 unspecified atom stereocenters. The molecule has 0 aromatic heterocycles. The molecule has 2 aromatic carbocycles. The molecule has 0 atom stereocenters. The Morgan fingerprint density at radius 2 is 1.89 bits per heavy atom. The fourth-order valence-corrected chi connectivity index (χ4v) is 2.01. The number of halogens is 1. The highest BCUT2D eigenvalue weighted by Crippen LogP contribution is 2.23. The number of hydrogen-bond acceptors (Lipinski definition) is 2. The van der Waals surface area contributed by atoms with E-state index in [4.69, 9.17) is 0 Å². The number of phenols is 1. The van der Waals surface area contributed by atoms with Gasteiger partial charge in [-0.3, -0.25) is 4.99 Å². The molecule has 0 fully saturated rings. The van der Waals surface area contributed by atoms with Crippen LogP contribution in [0.4, 0.5) is 5.69 Å². The van der Waals surface area contributed by atoms with Crippen molar-refractivity contribution >= 4 is 27.8 Å². The molecule has 2 rings (SSSR count). The smallest absolute Gasteiger partial charge is 0.124 e. The first-order valence-corrected chi connectivity index (χ1v) is 6.45. The van der Waals surface area contributed by atoms with Gasteiger partial charge in [-0.25, -0.2) is 0 Å². The summed E-state index contributed by atoms with van der Waals surface area (Å²) in [6, 6.07) is 11.4. The molecule has 18 heavy (non-hydrogen) atoms. The molecule has 0 saturated heterocycles. The van der Waals surface area contributed by atoms with Crippen LogP contribution in [0, 0.1) is 13.8 Å². The molecule has 0 aliphatic rings. The molecular weight excluding hydrogens is 290 g/mol. The van der Waals surface area contributed by atoms with Crippen LogP contribution >= 0.6 is 15.9 Å². The zero-order chi connectivity index (χ0) is 13.1. The van der Waals surface area contributed by atoms with Gasteiger partial charge in [0.25, 0.3) is 0 Å². The normalized spacial score (nSPS) is 11.1. The van der Waals surface area contributed by atoms with Crippen LogP contribution in [-0.4, -0.2) is 11.3 Å². The second kappa shape index (κ2) is 5.36. The third-order valence-electron chi connectivity index (χ3n) is 2.70. The number of aryl methyl sites for hydroxylation is 2. The van der Waals surface area contributed by atoms with E-state index in [1.165, 1.54) is 5.56 Å². The average molecular weight is 304 g/mol. The lowest BCUT2D eigenvalue weighted by molar-refractivity contribution is 0.474. The quantitative estimate of drug-likeness (QED) is 0.813. The van der Waals surface area contributed by atoms with Crippen molar-refractivity contribution in [3.8, 4) is 5.75 Å². The van der Waals surface area contributed by atoms with Crippen LogP contribution in [0.15, 0.2) is 45.9 Å². The Morgan fingerprint density at radius 3 is 2.67 bits per heavy atom.